The van der Waals surface area contributed by atoms with Crippen LogP contribution in [0, 0.1) is 0 Å². The predicted octanol–water partition coefficient (Wildman–Crippen LogP) is 5.91. The first kappa shape index (κ1) is 24.2. The van der Waals surface area contributed by atoms with Crippen molar-refractivity contribution in [1.82, 2.24) is 4.90 Å². The van der Waals surface area contributed by atoms with Crippen LogP contribution in [0.1, 0.15) is 72.6 Å². The number of nitrogens with zero attached hydrogens (tertiary/aromatic N) is 1. The fourth-order valence-electron chi connectivity index (χ4n) is 2.96. The Hall–Kier alpha value is 0.157. The highest BCUT2D eigenvalue weighted by Crippen LogP contribution is 2.20. The van der Waals surface area contributed by atoms with Crippen molar-refractivity contribution in [1.29, 1.82) is 0 Å². The summed E-state index contributed by atoms with van der Waals surface area (Å²) in [5, 5.41) is 0.378. The summed E-state index contributed by atoms with van der Waals surface area (Å²) in [5.74, 6) is 0.952. The van der Waals surface area contributed by atoms with E-state index in [9.17, 15) is 4.79 Å². The van der Waals surface area contributed by atoms with E-state index >= 15 is 0 Å². The van der Waals surface area contributed by atoms with Gasteiger partial charge in [-0.15, -0.1) is 0 Å². The minimum atomic E-state index is -1.64. The molecule has 24 heavy (non-hydrogen) atoms. The molecule has 0 rings (SSSR count). The zero-order valence-electron chi connectivity index (χ0n) is 17.0. The van der Waals surface area contributed by atoms with Gasteiger partial charge in [0.15, 0.2) is 13.4 Å². The zero-order valence-corrected chi connectivity index (χ0v) is 18.8. The average Bonchev–Trinajstić information content (AvgIpc) is 2.52. The number of unbranched alkanes of at least 4 members (excludes halogenated alkanes) is 4. The first-order valence-electron chi connectivity index (χ1n) is 9.93. The molecule has 0 fully saturated rings. The van der Waals surface area contributed by atoms with Crippen LogP contribution in [0.3, 0.4) is 0 Å². The van der Waals surface area contributed by atoms with Gasteiger partial charge in [-0.1, -0.05) is 58.2 Å². The summed E-state index contributed by atoms with van der Waals surface area (Å²) < 4.78 is 6.36. The predicted molar refractivity (Wildman–Crippen MR) is 111 cm³/mol. The lowest BCUT2D eigenvalue weighted by Crippen LogP contribution is -2.43. The van der Waals surface area contributed by atoms with Crippen molar-refractivity contribution in [2.45, 2.75) is 98.0 Å². The first-order chi connectivity index (χ1) is 11.4. The van der Waals surface area contributed by atoms with Crippen molar-refractivity contribution in [2.75, 3.05) is 18.8 Å². The Morgan fingerprint density at radius 2 is 1.67 bits per heavy atom. The van der Waals surface area contributed by atoms with Crippen LogP contribution in [0.5, 0.6) is 0 Å². The Morgan fingerprint density at radius 3 is 2.25 bits per heavy atom. The first-order valence-corrected chi connectivity index (χ1v) is 14.0. The highest BCUT2D eigenvalue weighted by atomic mass is 32.2. The number of carbonyl (C=O) groups excluding carboxylic acids is 1. The number of rotatable bonds is 15. The zero-order chi connectivity index (χ0) is 18.4. The summed E-state index contributed by atoms with van der Waals surface area (Å²) >= 11 is 1.53. The van der Waals surface area contributed by atoms with E-state index in [4.69, 9.17) is 4.43 Å². The smallest absolute Gasteiger partial charge is 0.188 e. The molecule has 0 aliphatic rings. The molecule has 0 aromatic rings. The summed E-state index contributed by atoms with van der Waals surface area (Å²) in [6.45, 7) is 15.4. The maximum Gasteiger partial charge on any atom is 0.188 e. The fraction of sp³-hybridized carbons (Fsp3) is 0.947. The van der Waals surface area contributed by atoms with E-state index in [1.165, 1.54) is 37.4 Å². The highest BCUT2D eigenvalue weighted by Gasteiger charge is 2.26. The van der Waals surface area contributed by atoms with E-state index in [0.717, 1.165) is 44.1 Å². The second-order valence-corrected chi connectivity index (χ2v) is 12.6. The van der Waals surface area contributed by atoms with Gasteiger partial charge < -0.3 is 4.43 Å². The van der Waals surface area contributed by atoms with E-state index in [1.54, 1.807) is 0 Å². The molecule has 144 valence electrons. The molecule has 1 atom stereocenters. The Balaban J connectivity index is 3.82. The van der Waals surface area contributed by atoms with Crippen molar-refractivity contribution in [3.63, 3.8) is 0 Å². The summed E-state index contributed by atoms with van der Waals surface area (Å²) in [5.41, 5.74) is 0. The van der Waals surface area contributed by atoms with Crippen molar-refractivity contribution >= 4 is 25.2 Å². The molecule has 0 aliphatic heterocycles. The topological polar surface area (TPSA) is 29.5 Å². The molecule has 0 saturated heterocycles. The van der Waals surface area contributed by atoms with Gasteiger partial charge in [-0.3, -0.25) is 9.69 Å². The summed E-state index contributed by atoms with van der Waals surface area (Å²) in [7, 11) is -1.64. The van der Waals surface area contributed by atoms with Gasteiger partial charge >= 0.3 is 0 Å². The summed E-state index contributed by atoms with van der Waals surface area (Å²) in [6, 6.07) is 1.13. The Morgan fingerprint density at radius 1 is 1.04 bits per heavy atom. The molecule has 0 radical (unpaired) electrons. The van der Waals surface area contributed by atoms with Gasteiger partial charge in [-0.25, -0.2) is 0 Å². The lowest BCUT2D eigenvalue weighted by molar-refractivity contribution is -0.111. The van der Waals surface area contributed by atoms with Crippen molar-refractivity contribution in [3.8, 4) is 0 Å². The normalized spacial score (nSPS) is 13.5. The van der Waals surface area contributed by atoms with Crippen LogP contribution in [0.2, 0.25) is 19.1 Å². The standard InChI is InChI=1S/C19H41NO2SSi/c1-7-10-11-12-13-15-19(21)23-16-14-17-24(5,6)22-18(4)20(8-2)9-3/h18H,7-17H2,1-6H3. The molecule has 0 aromatic heterocycles. The number of hydrogen-bond acceptors (Lipinski definition) is 4. The molecule has 3 nitrogen and oxygen atoms in total. The van der Waals surface area contributed by atoms with Crippen LogP contribution in [0.25, 0.3) is 0 Å². The molecule has 0 saturated carbocycles. The van der Waals surface area contributed by atoms with Gasteiger partial charge in [0, 0.05) is 12.2 Å². The van der Waals surface area contributed by atoms with Crippen LogP contribution >= 0.6 is 11.8 Å². The third kappa shape index (κ3) is 12.5. The van der Waals surface area contributed by atoms with Crippen LogP contribution in [0.15, 0.2) is 0 Å². The van der Waals surface area contributed by atoms with Gasteiger partial charge in [0.2, 0.25) is 0 Å². The van der Waals surface area contributed by atoms with Gasteiger partial charge in [0.05, 0.1) is 6.23 Å². The van der Waals surface area contributed by atoms with E-state index in [-0.39, 0.29) is 6.23 Å². The molecule has 5 heteroatoms. The molecular formula is C19H41NO2SSi. The number of thioether (sulfide) groups is 1. The van der Waals surface area contributed by atoms with Gasteiger partial charge in [0.25, 0.3) is 0 Å². The largest absolute Gasteiger partial charge is 0.402 e. The molecule has 0 aromatic carbocycles. The summed E-state index contributed by atoms with van der Waals surface area (Å²) in [4.78, 5) is 14.2. The minimum absolute atomic E-state index is 0.207. The Kier molecular flexibility index (Phi) is 14.4. The molecule has 0 heterocycles. The van der Waals surface area contributed by atoms with Gasteiger partial charge in [-0.2, -0.15) is 0 Å². The monoisotopic (exact) mass is 375 g/mol. The summed E-state index contributed by atoms with van der Waals surface area (Å²) in [6.07, 6.45) is 8.16. The quantitative estimate of drug-likeness (QED) is 0.202. The van der Waals surface area contributed by atoms with Gasteiger partial charge in [0.1, 0.15) is 0 Å². The van der Waals surface area contributed by atoms with Crippen molar-refractivity contribution < 1.29 is 9.22 Å². The molecule has 0 N–H and O–H groups in total. The number of hydrogen-bond donors (Lipinski definition) is 0. The van der Waals surface area contributed by atoms with Crippen LogP contribution < -0.4 is 0 Å². The number of carbonyl (C=O) groups is 1. The molecule has 1 unspecified atom stereocenters. The lowest BCUT2D eigenvalue weighted by atomic mass is 10.1. The second kappa shape index (κ2) is 14.3. The van der Waals surface area contributed by atoms with E-state index in [2.05, 4.69) is 45.7 Å². The molecule has 0 spiro atoms. The molecule has 0 amide bonds. The molecule has 0 aliphatic carbocycles. The SMILES string of the molecule is CCCCCCCC(=O)SCCC[Si](C)(C)OC(C)N(CC)CC. The third-order valence-electron chi connectivity index (χ3n) is 4.49. The average molecular weight is 376 g/mol. The third-order valence-corrected chi connectivity index (χ3v) is 8.04. The second-order valence-electron chi connectivity index (χ2n) is 7.19. The van der Waals surface area contributed by atoms with Crippen LogP contribution in [0.4, 0.5) is 0 Å². The van der Waals surface area contributed by atoms with Crippen LogP contribution in [-0.2, 0) is 9.22 Å². The van der Waals surface area contributed by atoms with Crippen LogP contribution in [-0.4, -0.2) is 43.4 Å². The fourth-order valence-corrected chi connectivity index (χ4v) is 6.24. The highest BCUT2D eigenvalue weighted by molar-refractivity contribution is 8.13. The van der Waals surface area contributed by atoms with Crippen molar-refractivity contribution in [2.24, 2.45) is 0 Å². The Bertz CT molecular complexity index is 322. The van der Waals surface area contributed by atoms with Gasteiger partial charge in [-0.05, 0) is 52.0 Å². The molecular weight excluding hydrogens is 334 g/mol. The minimum Gasteiger partial charge on any atom is -0.402 e. The molecule has 0 bridgehead atoms. The van der Waals surface area contributed by atoms with E-state index in [0.29, 0.717) is 5.12 Å². The lowest BCUT2D eigenvalue weighted by Gasteiger charge is -2.33. The maximum atomic E-state index is 11.9. The van der Waals surface area contributed by atoms with E-state index < -0.39 is 8.32 Å². The Labute approximate surface area is 156 Å². The maximum absolute atomic E-state index is 11.9. The van der Waals surface area contributed by atoms with E-state index in [1.807, 2.05) is 0 Å². The van der Waals surface area contributed by atoms with Crippen molar-refractivity contribution in [3.05, 3.63) is 0 Å².